The van der Waals surface area contributed by atoms with Crippen LogP contribution in [0.2, 0.25) is 5.02 Å². The molecule has 0 spiro atoms. The first kappa shape index (κ1) is 19.7. The summed E-state index contributed by atoms with van der Waals surface area (Å²) in [6.45, 7) is 0.350. The monoisotopic (exact) mass is 397 g/mol. The second-order valence-corrected chi connectivity index (χ2v) is 6.62. The fourth-order valence-electron chi connectivity index (χ4n) is 2.79. The van der Waals surface area contributed by atoms with Crippen LogP contribution in [0.1, 0.15) is 27.2 Å². The molecule has 1 N–H and O–H groups in total. The highest BCUT2D eigenvalue weighted by atomic mass is 35.5. The van der Waals surface area contributed by atoms with Gasteiger partial charge in [-0.2, -0.15) is 0 Å². The first-order chi connectivity index (χ1) is 13.6. The largest absolute Gasteiger partial charge is 0.497 e. The number of rotatable bonds is 8. The molecule has 0 radical (unpaired) electrons. The minimum absolute atomic E-state index is 0.270. The number of methoxy groups -OCH3 is 1. The van der Waals surface area contributed by atoms with Gasteiger partial charge in [0.25, 0.3) is 0 Å². The zero-order valence-electron chi connectivity index (χ0n) is 15.4. The summed E-state index contributed by atoms with van der Waals surface area (Å²) in [5, 5.41) is 9.50. The Kier molecular flexibility index (Phi) is 6.50. The number of nitrogens with zero attached hydrogens (tertiary/aromatic N) is 1. The van der Waals surface area contributed by atoms with E-state index in [1.165, 1.54) is 0 Å². The number of carboxylic acid groups (broad SMARTS) is 1. The number of pyridine rings is 1. The number of hydrogen-bond donors (Lipinski definition) is 1. The van der Waals surface area contributed by atoms with E-state index in [2.05, 4.69) is 4.98 Å². The van der Waals surface area contributed by atoms with Crippen molar-refractivity contribution in [2.45, 2.75) is 19.4 Å². The van der Waals surface area contributed by atoms with Gasteiger partial charge in [-0.15, -0.1) is 0 Å². The lowest BCUT2D eigenvalue weighted by atomic mass is 10.1. The molecule has 0 amide bonds. The molecule has 0 atom stereocenters. The van der Waals surface area contributed by atoms with Crippen molar-refractivity contribution < 1.29 is 19.4 Å². The van der Waals surface area contributed by atoms with Crippen molar-refractivity contribution in [3.8, 4) is 11.5 Å². The van der Waals surface area contributed by atoms with Crippen LogP contribution in [0, 0.1) is 0 Å². The lowest BCUT2D eigenvalue weighted by Crippen LogP contribution is -2.03. The number of ether oxygens (including phenoxy) is 2. The molecule has 144 valence electrons. The molecule has 0 aliphatic heterocycles. The van der Waals surface area contributed by atoms with Gasteiger partial charge in [0.05, 0.1) is 23.4 Å². The third kappa shape index (κ3) is 5.02. The predicted octanol–water partition coefficient (Wildman–Crippen LogP) is 4.81. The second kappa shape index (κ2) is 9.24. The van der Waals surface area contributed by atoms with E-state index in [1.54, 1.807) is 31.5 Å². The molecule has 2 aromatic carbocycles. The number of hydrogen-bond acceptors (Lipinski definition) is 4. The first-order valence-electron chi connectivity index (χ1n) is 8.78. The summed E-state index contributed by atoms with van der Waals surface area (Å²) in [6.07, 6.45) is 2.98. The van der Waals surface area contributed by atoms with Crippen molar-refractivity contribution in [2.24, 2.45) is 0 Å². The molecule has 0 unspecified atom stereocenters. The van der Waals surface area contributed by atoms with Crippen LogP contribution in [0.15, 0.2) is 60.8 Å². The average Bonchev–Trinajstić information content (AvgIpc) is 2.72. The minimum atomic E-state index is -0.934. The highest BCUT2D eigenvalue weighted by Crippen LogP contribution is 2.29. The van der Waals surface area contributed by atoms with Crippen LogP contribution in [-0.2, 0) is 19.4 Å². The summed E-state index contributed by atoms with van der Waals surface area (Å²) < 4.78 is 11.2. The third-order valence-electron chi connectivity index (χ3n) is 4.30. The van der Waals surface area contributed by atoms with Gasteiger partial charge < -0.3 is 14.6 Å². The lowest BCUT2D eigenvalue weighted by molar-refractivity contribution is 0.0697. The maximum atomic E-state index is 11.0. The zero-order valence-corrected chi connectivity index (χ0v) is 16.1. The first-order valence-corrected chi connectivity index (χ1v) is 9.16. The summed E-state index contributed by atoms with van der Waals surface area (Å²) >= 11 is 6.34. The number of aromatic carboxylic acids is 1. The Balaban J connectivity index is 1.69. The van der Waals surface area contributed by atoms with Gasteiger partial charge in [0.1, 0.15) is 12.4 Å². The summed E-state index contributed by atoms with van der Waals surface area (Å²) in [7, 11) is 1.62. The molecule has 1 heterocycles. The van der Waals surface area contributed by atoms with Crippen LogP contribution < -0.4 is 9.47 Å². The number of carbonyl (C=O) groups is 1. The van der Waals surface area contributed by atoms with Crippen molar-refractivity contribution in [1.29, 1.82) is 0 Å². The molecule has 3 aromatic rings. The third-order valence-corrected chi connectivity index (χ3v) is 4.60. The summed E-state index contributed by atoms with van der Waals surface area (Å²) in [5.74, 6) is 0.397. The quantitative estimate of drug-likeness (QED) is 0.591. The van der Waals surface area contributed by atoms with Gasteiger partial charge in [-0.25, -0.2) is 4.79 Å². The molecular formula is C22H20ClNO4. The maximum absolute atomic E-state index is 11.0. The van der Waals surface area contributed by atoms with Crippen LogP contribution >= 0.6 is 11.6 Å². The molecule has 0 aliphatic rings. The standard InChI is InChI=1S/C22H20ClNO4/c1-27-18-4-2-3-16(13-18)14-28-21-19(23)11-12-24-20(21)10-7-15-5-8-17(9-6-15)22(25)26/h2-6,8-9,11-13H,7,10,14H2,1H3,(H,25,26). The lowest BCUT2D eigenvalue weighted by Gasteiger charge is -2.13. The van der Waals surface area contributed by atoms with Gasteiger partial charge in [-0.1, -0.05) is 35.9 Å². The maximum Gasteiger partial charge on any atom is 0.335 e. The topological polar surface area (TPSA) is 68.7 Å². The Morgan fingerprint density at radius 3 is 2.57 bits per heavy atom. The molecule has 1 aromatic heterocycles. The highest BCUT2D eigenvalue weighted by molar-refractivity contribution is 6.32. The number of halogens is 1. The van der Waals surface area contributed by atoms with E-state index >= 15 is 0 Å². The van der Waals surface area contributed by atoms with E-state index in [4.69, 9.17) is 26.2 Å². The summed E-state index contributed by atoms with van der Waals surface area (Å²) in [5.41, 5.74) is 3.02. The van der Waals surface area contributed by atoms with E-state index in [0.717, 1.165) is 22.6 Å². The Morgan fingerprint density at radius 1 is 1.07 bits per heavy atom. The van der Waals surface area contributed by atoms with Gasteiger partial charge in [0, 0.05) is 6.20 Å². The Morgan fingerprint density at radius 2 is 1.86 bits per heavy atom. The average molecular weight is 398 g/mol. The Labute approximate surface area is 168 Å². The highest BCUT2D eigenvalue weighted by Gasteiger charge is 2.11. The molecule has 0 aliphatic carbocycles. The summed E-state index contributed by atoms with van der Waals surface area (Å²) in [4.78, 5) is 15.4. The van der Waals surface area contributed by atoms with Gasteiger partial charge in [-0.3, -0.25) is 4.98 Å². The SMILES string of the molecule is COc1cccc(COc2c(Cl)ccnc2CCc2ccc(C(=O)O)cc2)c1. The molecule has 0 fully saturated rings. The second-order valence-electron chi connectivity index (χ2n) is 6.21. The van der Waals surface area contributed by atoms with Crippen molar-refractivity contribution in [3.63, 3.8) is 0 Å². The van der Waals surface area contributed by atoms with Crippen LogP contribution in [0.3, 0.4) is 0 Å². The van der Waals surface area contributed by atoms with Gasteiger partial charge >= 0.3 is 5.97 Å². The fourth-order valence-corrected chi connectivity index (χ4v) is 3.01. The minimum Gasteiger partial charge on any atom is -0.497 e. The Hall–Kier alpha value is -3.05. The number of aromatic nitrogens is 1. The van der Waals surface area contributed by atoms with Crippen molar-refractivity contribution in [1.82, 2.24) is 4.98 Å². The smallest absolute Gasteiger partial charge is 0.335 e. The van der Waals surface area contributed by atoms with E-state index < -0.39 is 5.97 Å². The van der Waals surface area contributed by atoms with E-state index in [9.17, 15) is 4.79 Å². The number of benzene rings is 2. The molecule has 0 bridgehead atoms. The van der Waals surface area contributed by atoms with E-state index in [0.29, 0.717) is 30.2 Å². The predicted molar refractivity (Wildman–Crippen MR) is 107 cm³/mol. The van der Waals surface area contributed by atoms with Crippen LogP contribution in [0.4, 0.5) is 0 Å². The van der Waals surface area contributed by atoms with Gasteiger partial charge in [-0.05, 0) is 54.3 Å². The molecule has 28 heavy (non-hydrogen) atoms. The van der Waals surface area contributed by atoms with E-state index in [1.807, 2.05) is 36.4 Å². The molecule has 0 saturated heterocycles. The molecule has 0 saturated carbocycles. The molecule has 6 heteroatoms. The molecule has 5 nitrogen and oxygen atoms in total. The van der Waals surface area contributed by atoms with Gasteiger partial charge in [0.15, 0.2) is 5.75 Å². The normalized spacial score (nSPS) is 10.5. The number of aryl methyl sites for hydroxylation is 2. The fraction of sp³-hybridized carbons (Fsp3) is 0.182. The van der Waals surface area contributed by atoms with Crippen LogP contribution in [-0.4, -0.2) is 23.2 Å². The van der Waals surface area contributed by atoms with Gasteiger partial charge in [0.2, 0.25) is 0 Å². The Bertz CT molecular complexity index is 957. The van der Waals surface area contributed by atoms with Crippen LogP contribution in [0.25, 0.3) is 0 Å². The van der Waals surface area contributed by atoms with E-state index in [-0.39, 0.29) is 5.56 Å². The molecular weight excluding hydrogens is 378 g/mol. The number of carboxylic acids is 1. The van der Waals surface area contributed by atoms with Crippen molar-refractivity contribution in [2.75, 3.05) is 7.11 Å². The zero-order chi connectivity index (χ0) is 19.9. The molecule has 3 rings (SSSR count). The van der Waals surface area contributed by atoms with Crippen molar-refractivity contribution >= 4 is 17.6 Å². The van der Waals surface area contributed by atoms with Crippen molar-refractivity contribution in [3.05, 3.63) is 88.2 Å². The van der Waals surface area contributed by atoms with Crippen LogP contribution in [0.5, 0.6) is 11.5 Å². The summed E-state index contributed by atoms with van der Waals surface area (Å²) in [6, 6.07) is 16.2.